The first kappa shape index (κ1) is 12.2. The van der Waals surface area contributed by atoms with Gasteiger partial charge in [-0.25, -0.2) is 4.98 Å². The Balaban J connectivity index is 1.98. The van der Waals surface area contributed by atoms with Crippen LogP contribution in [0.4, 0.5) is 5.82 Å². The summed E-state index contributed by atoms with van der Waals surface area (Å²) in [6, 6.07) is 3.61. The van der Waals surface area contributed by atoms with Gasteiger partial charge < -0.3 is 10.4 Å². The van der Waals surface area contributed by atoms with Crippen LogP contribution in [0.5, 0.6) is 0 Å². The number of hydrogen-bond donors (Lipinski definition) is 2. The Kier molecular flexibility index (Phi) is 3.82. The van der Waals surface area contributed by atoms with Crippen LogP contribution in [0, 0.1) is 17.2 Å². The molecule has 0 saturated heterocycles. The molecule has 5 heteroatoms. The maximum atomic E-state index is 9.42. The smallest absolute Gasteiger partial charge is 0.146 e. The summed E-state index contributed by atoms with van der Waals surface area (Å²) in [7, 11) is 0. The van der Waals surface area contributed by atoms with Gasteiger partial charge in [0.2, 0.25) is 0 Å². The quantitative estimate of drug-likeness (QED) is 0.864. The van der Waals surface area contributed by atoms with Crippen LogP contribution >= 0.6 is 11.6 Å². The number of aliphatic hydroxyl groups excluding tert-OH is 1. The molecule has 1 fully saturated rings. The molecule has 0 spiro atoms. The minimum Gasteiger partial charge on any atom is -0.393 e. The van der Waals surface area contributed by atoms with E-state index in [1.54, 1.807) is 12.3 Å². The lowest BCUT2D eigenvalue weighted by molar-refractivity contribution is 0.178. The predicted molar refractivity (Wildman–Crippen MR) is 65.8 cm³/mol. The van der Waals surface area contributed by atoms with Crippen LogP contribution in [0.3, 0.4) is 0 Å². The van der Waals surface area contributed by atoms with Gasteiger partial charge in [0.05, 0.1) is 11.7 Å². The average Bonchev–Trinajstić information content (AvgIpc) is 2.74. The van der Waals surface area contributed by atoms with Gasteiger partial charge in [-0.1, -0.05) is 11.6 Å². The monoisotopic (exact) mass is 251 g/mol. The minimum atomic E-state index is -0.171. The average molecular weight is 252 g/mol. The van der Waals surface area contributed by atoms with Gasteiger partial charge in [-0.3, -0.25) is 0 Å². The molecule has 90 valence electrons. The van der Waals surface area contributed by atoms with Gasteiger partial charge in [0, 0.05) is 12.7 Å². The number of nitrogens with one attached hydrogen (secondary N) is 1. The van der Waals surface area contributed by atoms with Crippen molar-refractivity contribution in [3.05, 3.63) is 22.8 Å². The summed E-state index contributed by atoms with van der Waals surface area (Å²) in [6.07, 6.45) is 4.10. The zero-order valence-electron chi connectivity index (χ0n) is 9.36. The first-order valence-corrected chi connectivity index (χ1v) is 6.05. The number of nitrogens with zero attached hydrogens (tertiary/aromatic N) is 2. The highest BCUT2D eigenvalue weighted by atomic mass is 35.5. The van der Waals surface area contributed by atoms with Crippen LogP contribution in [0.15, 0.2) is 12.3 Å². The Morgan fingerprint density at radius 2 is 2.41 bits per heavy atom. The van der Waals surface area contributed by atoms with Crippen molar-refractivity contribution in [2.75, 3.05) is 11.9 Å². The van der Waals surface area contributed by atoms with E-state index in [1.165, 1.54) is 0 Å². The van der Waals surface area contributed by atoms with Crippen molar-refractivity contribution >= 4 is 17.4 Å². The van der Waals surface area contributed by atoms with Gasteiger partial charge in [-0.05, 0) is 31.2 Å². The second-order valence-corrected chi connectivity index (χ2v) is 4.72. The Morgan fingerprint density at radius 1 is 1.59 bits per heavy atom. The second kappa shape index (κ2) is 5.35. The van der Waals surface area contributed by atoms with Crippen LogP contribution in [0.2, 0.25) is 5.02 Å². The fourth-order valence-corrected chi connectivity index (χ4v) is 2.35. The van der Waals surface area contributed by atoms with Gasteiger partial charge >= 0.3 is 0 Å². The normalized spacial score (nSPS) is 23.4. The Hall–Kier alpha value is -1.31. The first-order valence-electron chi connectivity index (χ1n) is 5.67. The lowest BCUT2D eigenvalue weighted by atomic mass is 10.1. The number of aromatic nitrogens is 1. The molecule has 1 saturated carbocycles. The van der Waals surface area contributed by atoms with Gasteiger partial charge in [0.25, 0.3) is 0 Å². The Labute approximate surface area is 105 Å². The fourth-order valence-electron chi connectivity index (χ4n) is 2.13. The van der Waals surface area contributed by atoms with E-state index >= 15 is 0 Å². The van der Waals surface area contributed by atoms with Crippen LogP contribution in [-0.4, -0.2) is 22.7 Å². The van der Waals surface area contributed by atoms with Crippen molar-refractivity contribution in [1.29, 1.82) is 5.26 Å². The van der Waals surface area contributed by atoms with Crippen molar-refractivity contribution in [3.8, 4) is 6.07 Å². The van der Waals surface area contributed by atoms with Gasteiger partial charge in [0.15, 0.2) is 0 Å². The minimum absolute atomic E-state index is 0.171. The van der Waals surface area contributed by atoms with E-state index in [-0.39, 0.29) is 6.10 Å². The Bertz CT molecular complexity index is 444. The molecule has 1 heterocycles. The van der Waals surface area contributed by atoms with E-state index in [1.807, 2.05) is 6.07 Å². The summed E-state index contributed by atoms with van der Waals surface area (Å²) in [6.45, 7) is 0.735. The molecule has 1 aromatic rings. The highest BCUT2D eigenvalue weighted by Gasteiger charge is 2.22. The van der Waals surface area contributed by atoms with E-state index in [2.05, 4.69) is 10.3 Å². The molecule has 0 amide bonds. The fraction of sp³-hybridized carbons (Fsp3) is 0.500. The second-order valence-electron chi connectivity index (χ2n) is 4.35. The molecule has 1 aliphatic rings. The number of anilines is 1. The molecule has 17 heavy (non-hydrogen) atoms. The van der Waals surface area contributed by atoms with Crippen LogP contribution in [-0.2, 0) is 0 Å². The summed E-state index contributed by atoms with van der Waals surface area (Å²) < 4.78 is 0. The molecule has 2 unspecified atom stereocenters. The molecule has 1 aromatic heterocycles. The van der Waals surface area contributed by atoms with Crippen LogP contribution < -0.4 is 5.32 Å². The van der Waals surface area contributed by atoms with Gasteiger partial charge in [0.1, 0.15) is 16.9 Å². The molecule has 1 aliphatic carbocycles. The third-order valence-corrected chi connectivity index (χ3v) is 3.46. The van der Waals surface area contributed by atoms with Crippen molar-refractivity contribution in [1.82, 2.24) is 4.98 Å². The summed E-state index contributed by atoms with van der Waals surface area (Å²) in [5.74, 6) is 1.00. The first-order chi connectivity index (χ1) is 8.20. The lowest BCUT2D eigenvalue weighted by Gasteiger charge is -2.12. The molecular formula is C12H14ClN3O. The van der Waals surface area contributed by atoms with Crippen LogP contribution in [0.25, 0.3) is 0 Å². The lowest BCUT2D eigenvalue weighted by Crippen LogP contribution is -2.13. The van der Waals surface area contributed by atoms with Crippen LogP contribution in [0.1, 0.15) is 24.8 Å². The van der Waals surface area contributed by atoms with Gasteiger partial charge in [-0.2, -0.15) is 5.26 Å². The summed E-state index contributed by atoms with van der Waals surface area (Å²) in [5.41, 5.74) is 0.427. The molecule has 2 rings (SSSR count). The van der Waals surface area contributed by atoms with E-state index in [4.69, 9.17) is 16.9 Å². The van der Waals surface area contributed by atoms with E-state index in [9.17, 15) is 5.11 Å². The third kappa shape index (κ3) is 2.87. The highest BCUT2D eigenvalue weighted by Crippen LogP contribution is 2.27. The number of halogens is 1. The zero-order chi connectivity index (χ0) is 12.3. The third-order valence-electron chi connectivity index (χ3n) is 3.08. The molecule has 4 nitrogen and oxygen atoms in total. The number of nitriles is 1. The maximum absolute atomic E-state index is 9.42. The van der Waals surface area contributed by atoms with E-state index in [0.717, 1.165) is 25.8 Å². The molecule has 0 bridgehead atoms. The predicted octanol–water partition coefficient (Wildman–Crippen LogP) is 2.18. The Morgan fingerprint density at radius 3 is 3.06 bits per heavy atom. The van der Waals surface area contributed by atoms with Crippen molar-refractivity contribution < 1.29 is 5.11 Å². The molecule has 0 aliphatic heterocycles. The molecule has 2 atom stereocenters. The van der Waals surface area contributed by atoms with E-state index in [0.29, 0.717) is 22.3 Å². The standard InChI is InChI=1S/C12H14ClN3O/c13-11-9(6-14)3-4-15-12(11)16-7-8-1-2-10(17)5-8/h3-4,8,10,17H,1-2,5,7H2,(H,15,16). The highest BCUT2D eigenvalue weighted by molar-refractivity contribution is 6.34. The van der Waals surface area contributed by atoms with Crippen molar-refractivity contribution in [2.45, 2.75) is 25.4 Å². The van der Waals surface area contributed by atoms with Gasteiger partial charge in [-0.15, -0.1) is 0 Å². The zero-order valence-corrected chi connectivity index (χ0v) is 10.1. The number of rotatable bonds is 3. The SMILES string of the molecule is N#Cc1ccnc(NCC2CCC(O)C2)c1Cl. The molecular weight excluding hydrogens is 238 g/mol. The molecule has 0 radical (unpaired) electrons. The van der Waals surface area contributed by atoms with E-state index < -0.39 is 0 Å². The van der Waals surface area contributed by atoms with Crippen molar-refractivity contribution in [2.24, 2.45) is 5.92 Å². The van der Waals surface area contributed by atoms with Crippen molar-refractivity contribution in [3.63, 3.8) is 0 Å². The number of aliphatic hydroxyl groups is 1. The maximum Gasteiger partial charge on any atom is 0.146 e. The number of hydrogen-bond acceptors (Lipinski definition) is 4. The molecule has 2 N–H and O–H groups in total. The molecule has 0 aromatic carbocycles. The number of pyridine rings is 1. The summed E-state index contributed by atoms with van der Waals surface area (Å²) in [4.78, 5) is 4.11. The summed E-state index contributed by atoms with van der Waals surface area (Å²) in [5, 5.41) is 21.8. The summed E-state index contributed by atoms with van der Waals surface area (Å²) >= 11 is 6.03. The topological polar surface area (TPSA) is 68.9 Å². The largest absolute Gasteiger partial charge is 0.393 e.